The second kappa shape index (κ2) is 8.32. The molecule has 1 fully saturated rings. The van der Waals surface area contributed by atoms with Gasteiger partial charge in [-0.25, -0.2) is 4.79 Å². The molecule has 1 aliphatic carbocycles. The van der Waals surface area contributed by atoms with E-state index in [4.69, 9.17) is 4.74 Å². The van der Waals surface area contributed by atoms with Crippen LogP contribution < -0.4 is 5.32 Å². The second-order valence-corrected chi connectivity index (χ2v) is 6.93. The van der Waals surface area contributed by atoms with Gasteiger partial charge in [-0.2, -0.15) is 0 Å². The van der Waals surface area contributed by atoms with Crippen LogP contribution in [-0.4, -0.2) is 34.8 Å². The fraction of sp³-hybridized carbons (Fsp3) is 0.632. The molecule has 1 aliphatic rings. The summed E-state index contributed by atoms with van der Waals surface area (Å²) in [5.41, 5.74) is 1.93. The summed E-state index contributed by atoms with van der Waals surface area (Å²) in [5.74, 6) is -0.992. The highest BCUT2D eigenvalue weighted by Crippen LogP contribution is 2.20. The molecule has 2 N–H and O–H groups in total. The van der Waals surface area contributed by atoms with Crippen molar-refractivity contribution in [2.75, 3.05) is 0 Å². The number of aryl methyl sites for hydroxylation is 1. The third kappa shape index (κ3) is 4.71. The van der Waals surface area contributed by atoms with Gasteiger partial charge in [-0.15, -0.1) is 0 Å². The van der Waals surface area contributed by atoms with Crippen LogP contribution in [0.15, 0.2) is 0 Å². The van der Waals surface area contributed by atoms with Crippen LogP contribution in [0.25, 0.3) is 0 Å². The maximum absolute atomic E-state index is 12.4. The monoisotopic (exact) mass is 348 g/mol. The lowest BCUT2D eigenvalue weighted by Gasteiger charge is -2.19. The number of hydrogen-bond donors (Lipinski definition) is 2. The van der Waals surface area contributed by atoms with Crippen LogP contribution in [0.4, 0.5) is 0 Å². The minimum Gasteiger partial charge on any atom is -0.448 e. The highest BCUT2D eigenvalue weighted by molar-refractivity contribution is 6.01. The molecule has 1 amide bonds. The molecule has 0 radical (unpaired) electrons. The van der Waals surface area contributed by atoms with E-state index >= 15 is 0 Å². The third-order valence-electron chi connectivity index (χ3n) is 4.85. The number of ether oxygens (including phenoxy) is 1. The first-order chi connectivity index (χ1) is 11.8. The number of ketones is 1. The second-order valence-electron chi connectivity index (χ2n) is 6.93. The number of aromatic amines is 1. The summed E-state index contributed by atoms with van der Waals surface area (Å²) in [6.07, 6.45) is 5.73. The SMILES string of the molecule is CC(=O)c1c(C)[nH]c(C(=O)O[C@H](C)C(=O)NC2CCCCCC2)c1C. The number of H-pyrrole nitrogens is 1. The van der Waals surface area contributed by atoms with Gasteiger partial charge in [-0.3, -0.25) is 9.59 Å². The summed E-state index contributed by atoms with van der Waals surface area (Å²) in [6.45, 7) is 6.47. The van der Waals surface area contributed by atoms with Gasteiger partial charge in [-0.1, -0.05) is 25.7 Å². The predicted molar refractivity (Wildman–Crippen MR) is 94.8 cm³/mol. The van der Waals surface area contributed by atoms with E-state index in [-0.39, 0.29) is 23.4 Å². The quantitative estimate of drug-likeness (QED) is 0.486. The fourth-order valence-corrected chi connectivity index (χ4v) is 3.50. The van der Waals surface area contributed by atoms with Crippen molar-refractivity contribution in [2.45, 2.75) is 78.4 Å². The van der Waals surface area contributed by atoms with E-state index in [1.807, 2.05) is 0 Å². The number of esters is 1. The molecule has 0 unspecified atom stereocenters. The van der Waals surface area contributed by atoms with Gasteiger partial charge in [-0.05, 0) is 46.1 Å². The highest BCUT2D eigenvalue weighted by Gasteiger charge is 2.26. The van der Waals surface area contributed by atoms with E-state index in [0.29, 0.717) is 16.8 Å². The largest absolute Gasteiger partial charge is 0.448 e. The molecule has 1 heterocycles. The van der Waals surface area contributed by atoms with E-state index in [9.17, 15) is 14.4 Å². The van der Waals surface area contributed by atoms with Crippen molar-refractivity contribution in [1.82, 2.24) is 10.3 Å². The Labute approximate surface area is 148 Å². The van der Waals surface area contributed by atoms with Crippen molar-refractivity contribution in [3.05, 3.63) is 22.5 Å². The van der Waals surface area contributed by atoms with Crippen LogP contribution in [-0.2, 0) is 9.53 Å². The number of amides is 1. The van der Waals surface area contributed by atoms with E-state index < -0.39 is 12.1 Å². The Kier molecular flexibility index (Phi) is 6.39. The molecule has 0 spiro atoms. The van der Waals surface area contributed by atoms with Gasteiger partial charge in [0.25, 0.3) is 5.91 Å². The van der Waals surface area contributed by atoms with Gasteiger partial charge in [0.1, 0.15) is 5.69 Å². The zero-order chi connectivity index (χ0) is 18.6. The molecule has 0 aromatic carbocycles. The van der Waals surface area contributed by atoms with E-state index in [1.165, 1.54) is 19.8 Å². The van der Waals surface area contributed by atoms with Gasteiger partial charge in [0.15, 0.2) is 11.9 Å². The summed E-state index contributed by atoms with van der Waals surface area (Å²) in [4.78, 5) is 39.2. The van der Waals surface area contributed by atoms with Crippen molar-refractivity contribution < 1.29 is 19.1 Å². The Morgan fingerprint density at radius 2 is 1.72 bits per heavy atom. The minimum atomic E-state index is -0.875. The molecule has 0 saturated heterocycles. The normalized spacial score (nSPS) is 16.8. The summed E-state index contributed by atoms with van der Waals surface area (Å²) in [7, 11) is 0. The summed E-state index contributed by atoms with van der Waals surface area (Å²) >= 11 is 0. The van der Waals surface area contributed by atoms with E-state index in [0.717, 1.165) is 25.7 Å². The smallest absolute Gasteiger partial charge is 0.355 e. The Morgan fingerprint density at radius 1 is 1.12 bits per heavy atom. The van der Waals surface area contributed by atoms with Crippen molar-refractivity contribution in [2.24, 2.45) is 0 Å². The van der Waals surface area contributed by atoms with Crippen molar-refractivity contribution in [3.63, 3.8) is 0 Å². The van der Waals surface area contributed by atoms with Gasteiger partial charge < -0.3 is 15.0 Å². The number of nitrogens with one attached hydrogen (secondary N) is 2. The van der Waals surface area contributed by atoms with Crippen LogP contribution in [0, 0.1) is 13.8 Å². The topological polar surface area (TPSA) is 88.3 Å². The summed E-state index contributed by atoms with van der Waals surface area (Å²) in [6, 6.07) is 0.162. The lowest BCUT2D eigenvalue weighted by molar-refractivity contribution is -0.129. The first kappa shape index (κ1) is 19.2. The molecule has 0 bridgehead atoms. The number of carbonyl (C=O) groups is 3. The Hall–Kier alpha value is -2.11. The maximum Gasteiger partial charge on any atom is 0.355 e. The zero-order valence-electron chi connectivity index (χ0n) is 15.5. The molecule has 1 aromatic heterocycles. The number of Topliss-reactive ketones (excluding diaryl/α,β-unsaturated/α-hetero) is 1. The molecule has 1 aromatic rings. The molecule has 6 nitrogen and oxygen atoms in total. The van der Waals surface area contributed by atoms with Crippen LogP contribution in [0.5, 0.6) is 0 Å². The Morgan fingerprint density at radius 3 is 2.24 bits per heavy atom. The van der Waals surface area contributed by atoms with Crippen LogP contribution in [0.3, 0.4) is 0 Å². The standard InChI is InChI=1S/C19H28N2O4/c1-11-16(13(3)22)12(2)20-17(11)19(24)25-14(4)18(23)21-15-9-7-5-6-8-10-15/h14-15,20H,5-10H2,1-4H3,(H,21,23)/t14-/m1/s1. The van der Waals surface area contributed by atoms with Crippen LogP contribution >= 0.6 is 0 Å². The third-order valence-corrected chi connectivity index (χ3v) is 4.85. The van der Waals surface area contributed by atoms with Gasteiger partial charge in [0.05, 0.1) is 0 Å². The lowest BCUT2D eigenvalue weighted by Crippen LogP contribution is -2.41. The van der Waals surface area contributed by atoms with E-state index in [2.05, 4.69) is 10.3 Å². The van der Waals surface area contributed by atoms with Crippen LogP contribution in [0.2, 0.25) is 0 Å². The molecule has 2 rings (SSSR count). The highest BCUT2D eigenvalue weighted by atomic mass is 16.5. The van der Waals surface area contributed by atoms with Crippen molar-refractivity contribution in [1.29, 1.82) is 0 Å². The average molecular weight is 348 g/mol. The molecule has 6 heteroatoms. The molecular weight excluding hydrogens is 320 g/mol. The molecule has 1 saturated carbocycles. The molecule has 25 heavy (non-hydrogen) atoms. The molecule has 0 aliphatic heterocycles. The molecule has 138 valence electrons. The van der Waals surface area contributed by atoms with Crippen LogP contribution in [0.1, 0.15) is 84.5 Å². The summed E-state index contributed by atoms with van der Waals surface area (Å²) in [5, 5.41) is 2.98. The van der Waals surface area contributed by atoms with Gasteiger partial charge >= 0.3 is 5.97 Å². The average Bonchev–Trinajstić information content (AvgIpc) is 2.71. The number of rotatable bonds is 5. The first-order valence-corrected chi connectivity index (χ1v) is 9.02. The minimum absolute atomic E-state index is 0.107. The first-order valence-electron chi connectivity index (χ1n) is 9.02. The Balaban J connectivity index is 1.98. The number of aromatic nitrogens is 1. The predicted octanol–water partition coefficient (Wildman–Crippen LogP) is 3.22. The molecular formula is C19H28N2O4. The zero-order valence-corrected chi connectivity index (χ0v) is 15.5. The van der Waals surface area contributed by atoms with Crippen molar-refractivity contribution >= 4 is 17.7 Å². The van der Waals surface area contributed by atoms with Gasteiger partial charge in [0, 0.05) is 17.3 Å². The molecule has 1 atom stereocenters. The van der Waals surface area contributed by atoms with Crippen molar-refractivity contribution in [3.8, 4) is 0 Å². The lowest BCUT2D eigenvalue weighted by atomic mass is 10.1. The number of carbonyl (C=O) groups excluding carboxylic acids is 3. The Bertz CT molecular complexity index is 655. The maximum atomic E-state index is 12.4. The summed E-state index contributed by atoms with van der Waals surface area (Å²) < 4.78 is 5.31. The fourth-order valence-electron chi connectivity index (χ4n) is 3.50. The van der Waals surface area contributed by atoms with E-state index in [1.54, 1.807) is 20.8 Å². The van der Waals surface area contributed by atoms with Gasteiger partial charge in [0.2, 0.25) is 0 Å². The number of hydrogen-bond acceptors (Lipinski definition) is 4.